The molecule has 0 saturated heterocycles. The fourth-order valence-electron chi connectivity index (χ4n) is 2.24. The van der Waals surface area contributed by atoms with Gasteiger partial charge in [0.25, 0.3) is 0 Å². The molecular weight excluding hydrogens is 405 g/mol. The first kappa shape index (κ1) is 21.4. The van der Waals surface area contributed by atoms with Gasteiger partial charge >= 0.3 is 21.6 Å². The van der Waals surface area contributed by atoms with Gasteiger partial charge in [0, 0.05) is 11.6 Å². The molecule has 7 nitrogen and oxygen atoms in total. The van der Waals surface area contributed by atoms with Crippen LogP contribution in [-0.2, 0) is 14.9 Å². The van der Waals surface area contributed by atoms with Crippen molar-refractivity contribution in [3.63, 3.8) is 0 Å². The number of ether oxygens (including phenoxy) is 3. The summed E-state index contributed by atoms with van der Waals surface area (Å²) in [5, 5.41) is 0. The second-order valence-corrected chi connectivity index (χ2v) is 6.79. The summed E-state index contributed by atoms with van der Waals surface area (Å²) in [6.45, 7) is 0. The van der Waals surface area contributed by atoms with Crippen LogP contribution in [0.1, 0.15) is 10.4 Å². The molecule has 0 saturated carbocycles. The van der Waals surface area contributed by atoms with Crippen LogP contribution < -0.4 is 13.7 Å². The van der Waals surface area contributed by atoms with Gasteiger partial charge in [0.15, 0.2) is 5.75 Å². The summed E-state index contributed by atoms with van der Waals surface area (Å²) in [4.78, 5) is 12.0. The number of hydrogen-bond acceptors (Lipinski definition) is 7. The van der Waals surface area contributed by atoms with Crippen LogP contribution in [0, 0.1) is 0 Å². The lowest BCUT2D eigenvalue weighted by molar-refractivity contribution is -0.0500. The van der Waals surface area contributed by atoms with E-state index in [4.69, 9.17) is 9.47 Å². The molecule has 0 spiro atoms. The minimum atomic E-state index is -5.96. The topological polar surface area (TPSA) is 88.1 Å². The lowest BCUT2D eigenvalue weighted by Gasteiger charge is -2.15. The zero-order valence-corrected chi connectivity index (χ0v) is 15.7. The van der Waals surface area contributed by atoms with Gasteiger partial charge in [-0.25, -0.2) is 4.79 Å². The van der Waals surface area contributed by atoms with Crippen molar-refractivity contribution >= 4 is 16.1 Å². The molecule has 0 atom stereocenters. The smallest absolute Gasteiger partial charge is 0.497 e. The Morgan fingerprint density at radius 1 is 0.929 bits per heavy atom. The number of halogens is 3. The standard InChI is InChI=1S/C17H15F3O7S/c1-24-11-5-6-12(15(9-11)25-2)10-4-7-14(13(8-10)16(21)26-3)27-28(22,23)17(18,19)20/h4-9H,1-3H3. The second kappa shape index (κ2) is 7.97. The van der Waals surface area contributed by atoms with Crippen molar-refractivity contribution in [3.05, 3.63) is 42.0 Å². The molecule has 0 radical (unpaired) electrons. The Kier molecular flexibility index (Phi) is 6.07. The number of esters is 1. The van der Waals surface area contributed by atoms with Crippen molar-refractivity contribution in [1.29, 1.82) is 0 Å². The summed E-state index contributed by atoms with van der Waals surface area (Å²) in [6, 6.07) is 8.10. The van der Waals surface area contributed by atoms with Gasteiger partial charge < -0.3 is 18.4 Å². The normalized spacial score (nSPS) is 11.6. The maximum atomic E-state index is 12.6. The Morgan fingerprint density at radius 3 is 2.14 bits per heavy atom. The first-order valence-corrected chi connectivity index (χ1v) is 8.90. The van der Waals surface area contributed by atoms with Gasteiger partial charge in [0.2, 0.25) is 0 Å². The molecule has 0 aromatic heterocycles. The highest BCUT2D eigenvalue weighted by molar-refractivity contribution is 7.88. The van der Waals surface area contributed by atoms with Crippen molar-refractivity contribution < 1.29 is 44.8 Å². The Labute approximate surface area is 158 Å². The lowest BCUT2D eigenvalue weighted by Crippen LogP contribution is -2.28. The van der Waals surface area contributed by atoms with Crippen molar-refractivity contribution in [2.45, 2.75) is 5.51 Å². The third-order valence-electron chi connectivity index (χ3n) is 3.59. The molecule has 0 N–H and O–H groups in total. The Balaban J connectivity index is 2.59. The van der Waals surface area contributed by atoms with E-state index in [2.05, 4.69) is 8.92 Å². The molecule has 2 aromatic rings. The molecular formula is C17H15F3O7S. The van der Waals surface area contributed by atoms with Crippen LogP contribution in [0.2, 0.25) is 0 Å². The first-order chi connectivity index (χ1) is 13.0. The number of alkyl halides is 3. The van der Waals surface area contributed by atoms with Crippen LogP contribution in [-0.4, -0.2) is 41.2 Å². The highest BCUT2D eigenvalue weighted by atomic mass is 32.2. The predicted molar refractivity (Wildman–Crippen MR) is 91.9 cm³/mol. The van der Waals surface area contributed by atoms with Gasteiger partial charge in [-0.3, -0.25) is 0 Å². The minimum absolute atomic E-state index is 0.344. The van der Waals surface area contributed by atoms with Crippen LogP contribution in [0.3, 0.4) is 0 Å². The molecule has 0 aliphatic rings. The molecule has 0 amide bonds. The van der Waals surface area contributed by atoms with E-state index in [0.29, 0.717) is 22.6 Å². The average molecular weight is 420 g/mol. The third-order valence-corrected chi connectivity index (χ3v) is 4.55. The number of benzene rings is 2. The quantitative estimate of drug-likeness (QED) is 0.402. The minimum Gasteiger partial charge on any atom is -0.497 e. The summed E-state index contributed by atoms with van der Waals surface area (Å²) in [7, 11) is -2.12. The fraction of sp³-hybridized carbons (Fsp3) is 0.235. The Morgan fingerprint density at radius 2 is 1.61 bits per heavy atom. The van der Waals surface area contributed by atoms with E-state index >= 15 is 0 Å². The third kappa shape index (κ3) is 4.30. The fourth-order valence-corrected chi connectivity index (χ4v) is 2.72. The molecule has 2 rings (SSSR count). The number of methoxy groups -OCH3 is 3. The lowest BCUT2D eigenvalue weighted by atomic mass is 10.0. The largest absolute Gasteiger partial charge is 0.534 e. The number of hydrogen-bond donors (Lipinski definition) is 0. The van der Waals surface area contributed by atoms with Crippen molar-refractivity contribution in [2.75, 3.05) is 21.3 Å². The summed E-state index contributed by atoms with van der Waals surface area (Å²) in [6.07, 6.45) is 0. The van der Waals surface area contributed by atoms with E-state index in [1.54, 1.807) is 18.2 Å². The summed E-state index contributed by atoms with van der Waals surface area (Å²) >= 11 is 0. The zero-order chi connectivity index (χ0) is 21.1. The maximum absolute atomic E-state index is 12.6. The Bertz CT molecular complexity index is 985. The van der Waals surface area contributed by atoms with E-state index in [-0.39, 0.29) is 0 Å². The summed E-state index contributed by atoms with van der Waals surface area (Å²) in [5.74, 6) is -1.06. The van der Waals surface area contributed by atoms with Crippen LogP contribution in [0.5, 0.6) is 17.2 Å². The molecule has 0 unspecified atom stereocenters. The SMILES string of the molecule is COC(=O)c1cc(-c2ccc(OC)cc2OC)ccc1OS(=O)(=O)C(F)(F)F. The van der Waals surface area contributed by atoms with E-state index < -0.39 is 32.9 Å². The van der Waals surface area contributed by atoms with Gasteiger partial charge in [0.1, 0.15) is 17.1 Å². The second-order valence-electron chi connectivity index (χ2n) is 5.25. The van der Waals surface area contributed by atoms with Gasteiger partial charge in [-0.2, -0.15) is 21.6 Å². The molecule has 2 aromatic carbocycles. The highest BCUT2D eigenvalue weighted by Crippen LogP contribution is 2.37. The van der Waals surface area contributed by atoms with Crippen LogP contribution in [0.15, 0.2) is 36.4 Å². The van der Waals surface area contributed by atoms with Gasteiger partial charge in [0.05, 0.1) is 21.3 Å². The van der Waals surface area contributed by atoms with E-state index in [0.717, 1.165) is 19.2 Å². The van der Waals surface area contributed by atoms with Gasteiger partial charge in [-0.15, -0.1) is 0 Å². The van der Waals surface area contributed by atoms with Crippen LogP contribution in [0.4, 0.5) is 13.2 Å². The monoisotopic (exact) mass is 420 g/mol. The molecule has 0 heterocycles. The number of rotatable bonds is 6. The summed E-state index contributed by atoms with van der Waals surface area (Å²) < 4.78 is 79.3. The van der Waals surface area contributed by atoms with Crippen LogP contribution in [0.25, 0.3) is 11.1 Å². The summed E-state index contributed by atoms with van der Waals surface area (Å²) in [5.41, 5.74) is -5.35. The highest BCUT2D eigenvalue weighted by Gasteiger charge is 2.49. The van der Waals surface area contributed by atoms with Crippen molar-refractivity contribution in [3.8, 4) is 28.4 Å². The predicted octanol–water partition coefficient (Wildman–Crippen LogP) is 3.39. The van der Waals surface area contributed by atoms with Crippen molar-refractivity contribution in [1.82, 2.24) is 0 Å². The number of carbonyl (C=O) groups excluding carboxylic acids is 1. The van der Waals surface area contributed by atoms with Crippen molar-refractivity contribution in [2.24, 2.45) is 0 Å². The van der Waals surface area contributed by atoms with E-state index in [9.17, 15) is 26.4 Å². The zero-order valence-electron chi connectivity index (χ0n) is 14.9. The molecule has 0 bridgehead atoms. The molecule has 0 fully saturated rings. The number of carbonyl (C=O) groups is 1. The van der Waals surface area contributed by atoms with E-state index in [1.807, 2.05) is 0 Å². The van der Waals surface area contributed by atoms with Gasteiger partial charge in [-0.1, -0.05) is 6.07 Å². The Hall–Kier alpha value is -2.95. The molecule has 152 valence electrons. The molecule has 0 aliphatic carbocycles. The van der Waals surface area contributed by atoms with E-state index in [1.165, 1.54) is 20.3 Å². The first-order valence-electron chi connectivity index (χ1n) is 7.49. The van der Waals surface area contributed by atoms with Crippen LogP contribution >= 0.6 is 0 Å². The molecule has 0 aliphatic heterocycles. The molecule has 28 heavy (non-hydrogen) atoms. The maximum Gasteiger partial charge on any atom is 0.534 e. The van der Waals surface area contributed by atoms with Gasteiger partial charge in [-0.05, 0) is 29.8 Å². The molecule has 11 heteroatoms. The average Bonchev–Trinajstić information content (AvgIpc) is 2.66.